The molecular formula is C23H23F4N3O2. The molecule has 0 unspecified atom stereocenters. The maximum absolute atomic E-state index is 13.5. The number of imidazole rings is 1. The Kier molecular flexibility index (Phi) is 5.94. The third kappa shape index (κ3) is 4.62. The van der Waals surface area contributed by atoms with Crippen LogP contribution in [0.2, 0.25) is 0 Å². The number of ether oxygens (including phenoxy) is 2. The first-order chi connectivity index (χ1) is 15.1. The summed E-state index contributed by atoms with van der Waals surface area (Å²) in [6.45, 7) is 5.32. The number of hydrogen-bond donors (Lipinski definition) is 0. The first kappa shape index (κ1) is 22.3. The number of hydrogen-bond acceptors (Lipinski definition) is 4. The molecule has 9 heteroatoms. The van der Waals surface area contributed by atoms with Crippen LogP contribution < -0.4 is 4.74 Å². The van der Waals surface area contributed by atoms with Crippen molar-refractivity contribution in [1.82, 2.24) is 14.5 Å². The normalized spacial score (nSPS) is 16.5. The molecule has 0 amide bonds. The fourth-order valence-corrected chi connectivity index (χ4v) is 4.06. The fraction of sp³-hybridized carbons (Fsp3) is 0.391. The van der Waals surface area contributed by atoms with E-state index in [2.05, 4.69) is 9.72 Å². The minimum Gasteiger partial charge on any atom is -0.406 e. The van der Waals surface area contributed by atoms with E-state index in [9.17, 15) is 17.6 Å². The molecule has 4 rings (SSSR count). The third-order valence-corrected chi connectivity index (χ3v) is 5.34. The van der Waals surface area contributed by atoms with E-state index in [-0.39, 0.29) is 12.3 Å². The molecule has 0 saturated heterocycles. The van der Waals surface area contributed by atoms with Crippen molar-refractivity contribution >= 4 is 0 Å². The molecule has 0 N–H and O–H groups in total. The molecule has 3 aromatic rings. The number of halogens is 4. The van der Waals surface area contributed by atoms with Crippen molar-refractivity contribution in [2.45, 2.75) is 46.2 Å². The van der Waals surface area contributed by atoms with E-state index in [4.69, 9.17) is 9.72 Å². The van der Waals surface area contributed by atoms with Gasteiger partial charge in [0, 0.05) is 34.6 Å². The van der Waals surface area contributed by atoms with Gasteiger partial charge in [-0.15, -0.1) is 13.2 Å². The molecule has 2 aromatic heterocycles. The zero-order valence-corrected chi connectivity index (χ0v) is 18.0. The van der Waals surface area contributed by atoms with Crippen LogP contribution in [-0.2, 0) is 17.7 Å². The number of fused-ring (bicyclic) bond motifs is 1. The largest absolute Gasteiger partial charge is 0.573 e. The lowest BCUT2D eigenvalue weighted by atomic mass is 10.1. The first-order valence-electron chi connectivity index (χ1n) is 10.2. The second kappa shape index (κ2) is 8.54. The van der Waals surface area contributed by atoms with Gasteiger partial charge in [-0.05, 0) is 56.7 Å². The Bertz CT molecular complexity index is 1120. The average Bonchev–Trinajstić information content (AvgIpc) is 2.91. The Morgan fingerprint density at radius 1 is 1.06 bits per heavy atom. The minimum atomic E-state index is -4.77. The van der Waals surface area contributed by atoms with Crippen molar-refractivity contribution in [2.24, 2.45) is 0 Å². The van der Waals surface area contributed by atoms with Gasteiger partial charge >= 0.3 is 6.36 Å². The van der Waals surface area contributed by atoms with Crippen LogP contribution in [0, 0.1) is 20.8 Å². The zero-order chi connectivity index (χ0) is 23.0. The van der Waals surface area contributed by atoms with Crippen LogP contribution in [0.4, 0.5) is 17.6 Å². The first-order valence-corrected chi connectivity index (χ1v) is 10.2. The molecule has 0 saturated carbocycles. The molecule has 3 heterocycles. The van der Waals surface area contributed by atoms with Gasteiger partial charge in [0.05, 0.1) is 18.8 Å². The molecule has 0 aliphatic carbocycles. The number of aromatic nitrogens is 3. The van der Waals surface area contributed by atoms with Gasteiger partial charge in [0.2, 0.25) is 0 Å². The molecule has 0 fully saturated rings. The van der Waals surface area contributed by atoms with Gasteiger partial charge in [-0.2, -0.15) is 0 Å². The second-order valence-corrected chi connectivity index (χ2v) is 7.91. The number of alkyl halides is 4. The summed E-state index contributed by atoms with van der Waals surface area (Å²) in [6.07, 6.45) is -4.85. The summed E-state index contributed by atoms with van der Waals surface area (Å²) in [5, 5.41) is 0. The maximum Gasteiger partial charge on any atom is 0.573 e. The Morgan fingerprint density at radius 2 is 1.78 bits per heavy atom. The van der Waals surface area contributed by atoms with Crippen molar-refractivity contribution in [3.63, 3.8) is 0 Å². The Hall–Kier alpha value is -2.94. The van der Waals surface area contributed by atoms with Gasteiger partial charge in [0.25, 0.3) is 0 Å². The molecule has 32 heavy (non-hydrogen) atoms. The van der Waals surface area contributed by atoms with Crippen LogP contribution >= 0.6 is 0 Å². The lowest BCUT2D eigenvalue weighted by Gasteiger charge is -2.15. The lowest BCUT2D eigenvalue weighted by molar-refractivity contribution is -0.274. The average molecular weight is 449 g/mol. The Balaban J connectivity index is 1.85. The SMILES string of the molecule is Cc1cc(-c2nc(-c3ccc(OC(F)(F)F)c(C)c3)n3c2CCO[C@H](CF)C3)cc(C)n1. The van der Waals surface area contributed by atoms with E-state index in [0.29, 0.717) is 30.0 Å². The predicted molar refractivity (Wildman–Crippen MR) is 111 cm³/mol. The van der Waals surface area contributed by atoms with Gasteiger partial charge in [0.1, 0.15) is 24.4 Å². The van der Waals surface area contributed by atoms with Gasteiger partial charge in [-0.1, -0.05) is 0 Å². The summed E-state index contributed by atoms with van der Waals surface area (Å²) in [7, 11) is 0. The summed E-state index contributed by atoms with van der Waals surface area (Å²) < 4.78 is 63.1. The van der Waals surface area contributed by atoms with Crippen LogP contribution in [0.5, 0.6) is 5.75 Å². The highest BCUT2D eigenvalue weighted by Crippen LogP contribution is 2.35. The Labute approximate surface area is 183 Å². The van der Waals surface area contributed by atoms with Crippen molar-refractivity contribution in [2.75, 3.05) is 13.3 Å². The van der Waals surface area contributed by atoms with Crippen molar-refractivity contribution in [1.29, 1.82) is 0 Å². The van der Waals surface area contributed by atoms with Gasteiger partial charge in [-0.25, -0.2) is 9.37 Å². The van der Waals surface area contributed by atoms with Crippen LogP contribution in [0.1, 0.15) is 22.6 Å². The molecule has 170 valence electrons. The summed E-state index contributed by atoms with van der Waals surface area (Å²) in [5.41, 5.74) is 5.16. The molecule has 1 aliphatic heterocycles. The van der Waals surface area contributed by atoms with Crippen molar-refractivity contribution in [3.8, 4) is 28.4 Å². The maximum atomic E-state index is 13.5. The summed E-state index contributed by atoms with van der Waals surface area (Å²) in [6, 6.07) is 8.28. The molecule has 1 aromatic carbocycles. The fourth-order valence-electron chi connectivity index (χ4n) is 4.06. The molecule has 1 atom stereocenters. The predicted octanol–water partition coefficient (Wildman–Crippen LogP) is 5.35. The summed E-state index contributed by atoms with van der Waals surface area (Å²) in [4.78, 5) is 9.28. The molecule has 0 radical (unpaired) electrons. The summed E-state index contributed by atoms with van der Waals surface area (Å²) in [5.74, 6) is 0.280. The van der Waals surface area contributed by atoms with E-state index < -0.39 is 19.1 Å². The molecular weight excluding hydrogens is 426 g/mol. The Morgan fingerprint density at radius 3 is 2.41 bits per heavy atom. The van der Waals surface area contributed by atoms with Crippen molar-refractivity contribution in [3.05, 3.63) is 53.0 Å². The molecule has 5 nitrogen and oxygen atoms in total. The van der Waals surface area contributed by atoms with E-state index >= 15 is 0 Å². The van der Waals surface area contributed by atoms with Crippen LogP contribution in [0.15, 0.2) is 30.3 Å². The molecule has 0 spiro atoms. The number of pyridine rings is 1. The minimum absolute atomic E-state index is 0.261. The van der Waals surface area contributed by atoms with Gasteiger partial charge in [0.15, 0.2) is 0 Å². The highest BCUT2D eigenvalue weighted by Gasteiger charge is 2.32. The van der Waals surface area contributed by atoms with Crippen LogP contribution in [-0.4, -0.2) is 40.3 Å². The molecule has 1 aliphatic rings. The number of rotatable bonds is 4. The smallest absolute Gasteiger partial charge is 0.406 e. The third-order valence-electron chi connectivity index (χ3n) is 5.34. The summed E-state index contributed by atoms with van der Waals surface area (Å²) >= 11 is 0. The number of benzene rings is 1. The standard InChI is InChI=1S/C23H23F4N3O2/c1-13-8-16(4-5-20(13)32-23(25,26)27)22-29-21(17-9-14(2)28-15(3)10-17)19-6-7-31-18(11-24)12-30(19)22/h4-5,8-10,18H,6-7,11-12H2,1-3H3/t18-/m1/s1. The quantitative estimate of drug-likeness (QED) is 0.504. The lowest BCUT2D eigenvalue weighted by Crippen LogP contribution is -2.21. The number of aryl methyl sites for hydroxylation is 3. The second-order valence-electron chi connectivity index (χ2n) is 7.91. The number of nitrogens with zero attached hydrogens (tertiary/aromatic N) is 3. The van der Waals surface area contributed by atoms with Crippen LogP contribution in [0.25, 0.3) is 22.6 Å². The highest BCUT2D eigenvalue weighted by atomic mass is 19.4. The highest BCUT2D eigenvalue weighted by molar-refractivity contribution is 5.70. The van der Waals surface area contributed by atoms with E-state index in [1.165, 1.54) is 12.1 Å². The van der Waals surface area contributed by atoms with E-state index in [0.717, 1.165) is 28.3 Å². The topological polar surface area (TPSA) is 49.2 Å². The van der Waals surface area contributed by atoms with Gasteiger partial charge in [-0.3, -0.25) is 4.98 Å². The zero-order valence-electron chi connectivity index (χ0n) is 18.0. The monoisotopic (exact) mass is 449 g/mol. The molecule has 0 bridgehead atoms. The van der Waals surface area contributed by atoms with Gasteiger partial charge < -0.3 is 14.0 Å². The van der Waals surface area contributed by atoms with Crippen molar-refractivity contribution < 1.29 is 27.0 Å². The van der Waals surface area contributed by atoms with Crippen LogP contribution in [0.3, 0.4) is 0 Å². The van der Waals surface area contributed by atoms with E-state index in [1.807, 2.05) is 30.5 Å². The van der Waals surface area contributed by atoms with E-state index in [1.54, 1.807) is 13.0 Å².